The van der Waals surface area contributed by atoms with E-state index in [1.807, 2.05) is 31.2 Å². The average Bonchev–Trinajstić information content (AvgIpc) is 2.95. The number of nitrogens with one attached hydrogen (secondary N) is 1. The van der Waals surface area contributed by atoms with Gasteiger partial charge in [-0.1, -0.05) is 12.1 Å². The number of para-hydroxylation sites is 1. The van der Waals surface area contributed by atoms with Crippen LogP contribution in [0.2, 0.25) is 0 Å². The Labute approximate surface area is 133 Å². The first kappa shape index (κ1) is 13.8. The maximum Gasteiger partial charge on any atom is 0.178 e. The van der Waals surface area contributed by atoms with Crippen LogP contribution in [-0.2, 0) is 6.42 Å². The zero-order valence-corrected chi connectivity index (χ0v) is 13.0. The lowest BCUT2D eigenvalue weighted by Crippen LogP contribution is -2.33. The fourth-order valence-corrected chi connectivity index (χ4v) is 2.83. The van der Waals surface area contributed by atoms with Crippen LogP contribution in [0.1, 0.15) is 11.4 Å². The number of nitrogens with zero attached hydrogens (tertiary/aromatic N) is 4. The zero-order chi connectivity index (χ0) is 15.8. The summed E-state index contributed by atoms with van der Waals surface area (Å²) in [5.41, 5.74) is 1.87. The van der Waals surface area contributed by atoms with Crippen molar-refractivity contribution >= 4 is 11.5 Å². The predicted octanol–water partition coefficient (Wildman–Crippen LogP) is 1.86. The molecule has 2 aromatic heterocycles. The highest BCUT2D eigenvalue weighted by Crippen LogP contribution is 2.34. The molecule has 0 bridgehead atoms. The van der Waals surface area contributed by atoms with Gasteiger partial charge in [0.15, 0.2) is 23.0 Å². The molecule has 0 amide bonds. The molecule has 1 aliphatic heterocycles. The number of benzene rings is 1. The highest BCUT2D eigenvalue weighted by molar-refractivity contribution is 5.50. The van der Waals surface area contributed by atoms with Crippen LogP contribution in [0.25, 0.3) is 5.65 Å². The van der Waals surface area contributed by atoms with Gasteiger partial charge in [-0.25, -0.2) is 0 Å². The van der Waals surface area contributed by atoms with Crippen molar-refractivity contribution in [1.29, 1.82) is 0 Å². The largest absolute Gasteiger partial charge is 0.493 e. The molecule has 0 fully saturated rings. The van der Waals surface area contributed by atoms with Gasteiger partial charge in [0.2, 0.25) is 0 Å². The van der Waals surface area contributed by atoms with Crippen molar-refractivity contribution in [2.24, 2.45) is 0 Å². The minimum Gasteiger partial charge on any atom is -0.493 e. The maximum absolute atomic E-state index is 5.88. The Bertz CT molecular complexity index is 861. The molecule has 4 rings (SSSR count). The van der Waals surface area contributed by atoms with E-state index in [1.54, 1.807) is 11.6 Å². The maximum atomic E-state index is 5.88. The molecule has 1 aromatic carbocycles. The first-order valence-electron chi connectivity index (χ1n) is 7.49. The van der Waals surface area contributed by atoms with Crippen molar-refractivity contribution in [3.8, 4) is 11.5 Å². The Hall–Kier alpha value is -2.83. The van der Waals surface area contributed by atoms with Crippen LogP contribution in [0, 0.1) is 6.92 Å². The second-order valence-electron chi connectivity index (χ2n) is 5.54. The molecular formula is C16H17N5O2. The van der Waals surface area contributed by atoms with E-state index in [4.69, 9.17) is 9.47 Å². The van der Waals surface area contributed by atoms with E-state index in [2.05, 4.69) is 26.7 Å². The fraction of sp³-hybridized carbons (Fsp3) is 0.312. The Morgan fingerprint density at radius 1 is 1.26 bits per heavy atom. The fourth-order valence-electron chi connectivity index (χ4n) is 2.83. The number of fused-ring (bicyclic) bond motifs is 2. The molecule has 0 aliphatic carbocycles. The van der Waals surface area contributed by atoms with Crippen LogP contribution in [0.4, 0.5) is 5.82 Å². The van der Waals surface area contributed by atoms with Crippen LogP contribution < -0.4 is 14.8 Å². The van der Waals surface area contributed by atoms with Crippen molar-refractivity contribution in [3.05, 3.63) is 41.7 Å². The summed E-state index contributed by atoms with van der Waals surface area (Å²) in [6.45, 7) is 2.44. The molecule has 7 heteroatoms. The van der Waals surface area contributed by atoms with Gasteiger partial charge in [0.1, 0.15) is 12.4 Å². The van der Waals surface area contributed by atoms with Gasteiger partial charge >= 0.3 is 0 Å². The minimum atomic E-state index is 0.149. The number of hydrogen-bond acceptors (Lipinski definition) is 6. The Morgan fingerprint density at radius 3 is 3.04 bits per heavy atom. The lowest BCUT2D eigenvalue weighted by atomic mass is 10.0. The Kier molecular flexibility index (Phi) is 3.25. The van der Waals surface area contributed by atoms with E-state index in [0.29, 0.717) is 6.61 Å². The van der Waals surface area contributed by atoms with Crippen molar-refractivity contribution in [2.75, 3.05) is 19.0 Å². The van der Waals surface area contributed by atoms with Crippen LogP contribution in [0.15, 0.2) is 30.3 Å². The smallest absolute Gasteiger partial charge is 0.178 e. The van der Waals surface area contributed by atoms with Gasteiger partial charge in [-0.05, 0) is 31.5 Å². The van der Waals surface area contributed by atoms with Crippen molar-refractivity contribution < 1.29 is 9.47 Å². The van der Waals surface area contributed by atoms with Crippen molar-refractivity contribution in [2.45, 2.75) is 19.4 Å². The summed E-state index contributed by atoms with van der Waals surface area (Å²) in [4.78, 5) is 0. The summed E-state index contributed by atoms with van der Waals surface area (Å²) in [5, 5.41) is 16.0. The highest BCUT2D eigenvalue weighted by atomic mass is 16.5. The average molecular weight is 311 g/mol. The van der Waals surface area contributed by atoms with Crippen molar-refractivity contribution in [3.63, 3.8) is 0 Å². The van der Waals surface area contributed by atoms with Gasteiger partial charge in [-0.2, -0.15) is 4.52 Å². The van der Waals surface area contributed by atoms with E-state index >= 15 is 0 Å². The number of rotatable bonds is 3. The second kappa shape index (κ2) is 5.42. The zero-order valence-electron chi connectivity index (χ0n) is 13.0. The van der Waals surface area contributed by atoms with Gasteiger partial charge in [0.25, 0.3) is 0 Å². The molecule has 23 heavy (non-hydrogen) atoms. The van der Waals surface area contributed by atoms with E-state index in [9.17, 15) is 0 Å². The predicted molar refractivity (Wildman–Crippen MR) is 85.1 cm³/mol. The number of anilines is 1. The van der Waals surface area contributed by atoms with Gasteiger partial charge in [0, 0.05) is 5.56 Å². The number of hydrogen-bond donors (Lipinski definition) is 1. The highest BCUT2D eigenvalue weighted by Gasteiger charge is 2.23. The molecule has 7 nitrogen and oxygen atoms in total. The SMILES string of the molecule is COc1cccc2c1OCC(Nc1ccc3nnc(C)n3n1)C2. The number of aryl methyl sites for hydroxylation is 1. The molecule has 1 N–H and O–H groups in total. The van der Waals surface area contributed by atoms with Crippen molar-refractivity contribution in [1.82, 2.24) is 19.8 Å². The number of ether oxygens (including phenoxy) is 2. The van der Waals surface area contributed by atoms with E-state index < -0.39 is 0 Å². The number of methoxy groups -OCH3 is 1. The monoisotopic (exact) mass is 311 g/mol. The van der Waals surface area contributed by atoms with Crippen LogP contribution >= 0.6 is 0 Å². The summed E-state index contributed by atoms with van der Waals surface area (Å²) in [7, 11) is 1.66. The normalized spacial score (nSPS) is 16.7. The molecule has 3 heterocycles. The number of aromatic nitrogens is 4. The van der Waals surface area contributed by atoms with Crippen LogP contribution in [0.5, 0.6) is 11.5 Å². The lowest BCUT2D eigenvalue weighted by Gasteiger charge is -2.27. The summed E-state index contributed by atoms with van der Waals surface area (Å²) in [6, 6.07) is 9.91. The molecule has 3 aromatic rings. The van der Waals surface area contributed by atoms with Gasteiger partial charge < -0.3 is 14.8 Å². The summed E-state index contributed by atoms with van der Waals surface area (Å²) in [5.74, 6) is 3.16. The van der Waals surface area contributed by atoms with Crippen LogP contribution in [-0.4, -0.2) is 39.6 Å². The molecule has 1 atom stereocenters. The Balaban J connectivity index is 1.56. The lowest BCUT2D eigenvalue weighted by molar-refractivity contribution is 0.256. The van der Waals surface area contributed by atoms with E-state index in [-0.39, 0.29) is 6.04 Å². The molecule has 0 saturated carbocycles. The second-order valence-corrected chi connectivity index (χ2v) is 5.54. The van der Waals surface area contributed by atoms with Gasteiger partial charge in [-0.15, -0.1) is 15.3 Å². The quantitative estimate of drug-likeness (QED) is 0.796. The van der Waals surface area contributed by atoms with E-state index in [0.717, 1.165) is 40.8 Å². The molecule has 0 spiro atoms. The molecule has 118 valence electrons. The summed E-state index contributed by atoms with van der Waals surface area (Å²) in [6.07, 6.45) is 0.855. The first-order valence-corrected chi connectivity index (χ1v) is 7.49. The Morgan fingerprint density at radius 2 is 2.17 bits per heavy atom. The summed E-state index contributed by atoms with van der Waals surface area (Å²) >= 11 is 0. The third-order valence-corrected chi connectivity index (χ3v) is 3.95. The summed E-state index contributed by atoms with van der Waals surface area (Å²) < 4.78 is 12.9. The van der Waals surface area contributed by atoms with E-state index in [1.165, 1.54) is 0 Å². The third-order valence-electron chi connectivity index (χ3n) is 3.95. The molecule has 0 saturated heterocycles. The van der Waals surface area contributed by atoms with Crippen LogP contribution in [0.3, 0.4) is 0 Å². The molecular weight excluding hydrogens is 294 g/mol. The first-order chi connectivity index (χ1) is 11.2. The standard InChI is InChI=1S/C16H17N5O2/c1-10-18-19-15-7-6-14(20-21(10)15)17-12-8-11-4-3-5-13(22-2)16(11)23-9-12/h3-7,12H,8-9H2,1-2H3,(H,17,20). The minimum absolute atomic E-state index is 0.149. The van der Waals surface area contributed by atoms with Gasteiger partial charge in [-0.3, -0.25) is 0 Å². The molecule has 1 unspecified atom stereocenters. The topological polar surface area (TPSA) is 73.6 Å². The molecule has 0 radical (unpaired) electrons. The third kappa shape index (κ3) is 2.44. The molecule has 1 aliphatic rings. The van der Waals surface area contributed by atoms with Gasteiger partial charge in [0.05, 0.1) is 13.2 Å².